The highest BCUT2D eigenvalue weighted by Crippen LogP contribution is 2.39. The molecule has 0 spiro atoms. The predicted octanol–water partition coefficient (Wildman–Crippen LogP) is 2.80. The van der Waals surface area contributed by atoms with Crippen LogP contribution in [0.15, 0.2) is 36.5 Å². The molecule has 148 valence electrons. The van der Waals surface area contributed by atoms with E-state index in [1.807, 2.05) is 35.8 Å². The normalized spacial score (nSPS) is 15.9. The number of nitrogens with two attached hydrogens (primary N) is 1. The van der Waals surface area contributed by atoms with Gasteiger partial charge in [-0.2, -0.15) is 0 Å². The van der Waals surface area contributed by atoms with Gasteiger partial charge in [0.1, 0.15) is 5.69 Å². The van der Waals surface area contributed by atoms with Crippen LogP contribution in [0.25, 0.3) is 0 Å². The summed E-state index contributed by atoms with van der Waals surface area (Å²) in [5.41, 5.74) is 1.32. The van der Waals surface area contributed by atoms with E-state index >= 15 is 0 Å². The van der Waals surface area contributed by atoms with Crippen molar-refractivity contribution in [3.63, 3.8) is 0 Å². The van der Waals surface area contributed by atoms with Gasteiger partial charge in [-0.1, -0.05) is 49.6 Å². The highest BCUT2D eigenvalue weighted by atomic mass is 19.3. The zero-order valence-corrected chi connectivity index (χ0v) is 15.1. The molecule has 4 N–H and O–H groups in total. The number of aromatic nitrogens is 2. The summed E-state index contributed by atoms with van der Waals surface area (Å²) in [7, 11) is 0. The summed E-state index contributed by atoms with van der Waals surface area (Å²) in [4.78, 5) is 31.7. The molecule has 0 unspecified atom stereocenters. The average molecular weight is 389 g/mol. The molecule has 1 aliphatic carbocycles. The summed E-state index contributed by atoms with van der Waals surface area (Å²) >= 11 is 0. The fourth-order valence-corrected chi connectivity index (χ4v) is 3.59. The lowest BCUT2D eigenvalue weighted by molar-refractivity contribution is 0.0669. The van der Waals surface area contributed by atoms with Crippen LogP contribution in [0, 0.1) is 0 Å². The van der Waals surface area contributed by atoms with Gasteiger partial charge in [0, 0.05) is 6.20 Å². The molecule has 1 saturated carbocycles. The van der Waals surface area contributed by atoms with Gasteiger partial charge >= 0.3 is 6.43 Å². The van der Waals surface area contributed by atoms with Gasteiger partial charge in [0.15, 0.2) is 0 Å². The molecule has 0 aliphatic heterocycles. The van der Waals surface area contributed by atoms with Gasteiger partial charge in [-0.15, -0.1) is 0 Å². The number of hydrazine groups is 1. The number of hydrogen-bond acceptors (Lipinski definition) is 6. The third kappa shape index (κ3) is 3.99. The van der Waals surface area contributed by atoms with Crippen LogP contribution in [-0.2, 0) is 5.54 Å². The van der Waals surface area contributed by atoms with Gasteiger partial charge in [-0.05, 0) is 18.4 Å². The number of amides is 1. The topological polar surface area (TPSA) is 110 Å². The Kier molecular flexibility index (Phi) is 5.93. The number of nitrogen functional groups attached to an aromatic ring is 1. The van der Waals surface area contributed by atoms with E-state index in [1.54, 1.807) is 0 Å². The van der Waals surface area contributed by atoms with Crippen LogP contribution in [-0.4, -0.2) is 28.1 Å². The van der Waals surface area contributed by atoms with Crippen LogP contribution < -0.4 is 16.6 Å². The molecule has 1 aliphatic rings. The maximum absolute atomic E-state index is 13.0. The van der Waals surface area contributed by atoms with Crippen molar-refractivity contribution in [1.29, 1.82) is 0 Å². The van der Waals surface area contributed by atoms with Gasteiger partial charge < -0.3 is 5.32 Å². The van der Waals surface area contributed by atoms with E-state index in [9.17, 15) is 18.4 Å². The minimum Gasteiger partial charge on any atom is -0.345 e. The van der Waals surface area contributed by atoms with E-state index in [-0.39, 0.29) is 5.95 Å². The quantitative estimate of drug-likeness (QED) is 0.303. The van der Waals surface area contributed by atoms with Crippen LogP contribution in [0.3, 0.4) is 0 Å². The third-order valence-corrected chi connectivity index (χ3v) is 4.98. The summed E-state index contributed by atoms with van der Waals surface area (Å²) in [5.74, 6) is 2.62. The number of nitrogens with zero attached hydrogens (tertiary/aromatic N) is 2. The first-order chi connectivity index (χ1) is 13.5. The summed E-state index contributed by atoms with van der Waals surface area (Å²) in [6.07, 6.45) is 2.42. The number of alkyl halides is 2. The zero-order chi connectivity index (χ0) is 20.1. The molecule has 1 aromatic carbocycles. The summed E-state index contributed by atoms with van der Waals surface area (Å²) in [6, 6.07) is 9.74. The number of rotatable bonds is 6. The van der Waals surface area contributed by atoms with Gasteiger partial charge in [-0.3, -0.25) is 15.0 Å². The highest BCUT2D eigenvalue weighted by Gasteiger charge is 2.35. The van der Waals surface area contributed by atoms with Crippen LogP contribution in [0.4, 0.5) is 14.7 Å². The van der Waals surface area contributed by atoms with E-state index in [4.69, 9.17) is 5.84 Å². The Morgan fingerprint density at radius 2 is 1.79 bits per heavy atom. The van der Waals surface area contributed by atoms with Crippen molar-refractivity contribution in [2.45, 2.75) is 44.1 Å². The molecule has 28 heavy (non-hydrogen) atoms. The highest BCUT2D eigenvalue weighted by molar-refractivity contribution is 6.07. The van der Waals surface area contributed by atoms with E-state index in [2.05, 4.69) is 15.3 Å². The van der Waals surface area contributed by atoms with Crippen molar-refractivity contribution in [1.82, 2.24) is 15.4 Å². The lowest BCUT2D eigenvalue weighted by Gasteiger charge is -2.38. The van der Waals surface area contributed by atoms with E-state index in [0.29, 0.717) is 0 Å². The third-order valence-electron chi connectivity index (χ3n) is 4.98. The first kappa shape index (κ1) is 19.8. The van der Waals surface area contributed by atoms with Crippen molar-refractivity contribution in [2.75, 3.05) is 5.32 Å². The number of anilines is 1. The second-order valence-corrected chi connectivity index (χ2v) is 6.73. The number of carbonyl (C=O) groups is 2. The van der Waals surface area contributed by atoms with Crippen LogP contribution in [0.5, 0.6) is 0 Å². The molecule has 7 nitrogen and oxygen atoms in total. The molecule has 1 amide bonds. The molecule has 0 saturated heterocycles. The molecule has 1 heterocycles. The van der Waals surface area contributed by atoms with Crippen molar-refractivity contribution < 1.29 is 18.4 Å². The fourth-order valence-electron chi connectivity index (χ4n) is 3.59. The summed E-state index contributed by atoms with van der Waals surface area (Å²) in [6.45, 7) is 0. The van der Waals surface area contributed by atoms with Crippen LogP contribution in [0.2, 0.25) is 0 Å². The van der Waals surface area contributed by atoms with Gasteiger partial charge in [0.2, 0.25) is 11.7 Å². The van der Waals surface area contributed by atoms with Crippen LogP contribution in [0.1, 0.15) is 58.5 Å². The Labute approximate surface area is 160 Å². The smallest absolute Gasteiger partial charge is 0.302 e. The molecule has 1 fully saturated rings. The van der Waals surface area contributed by atoms with Gasteiger partial charge in [0.05, 0.1) is 11.1 Å². The number of carbonyl (C=O) groups excluding carboxylic acids is 2. The summed E-state index contributed by atoms with van der Waals surface area (Å²) in [5, 5.41) is 3.25. The Balaban J connectivity index is 2.01. The van der Waals surface area contributed by atoms with Crippen molar-refractivity contribution in [2.24, 2.45) is 5.84 Å². The number of benzene rings is 1. The standard InChI is InChI=1S/C19H21F2N5O2/c20-16(21)15(27)14-13(17(28)26-22)11-23-18(24-14)25-19(9-5-2-6-10-19)12-7-3-1-4-8-12/h1,3-4,7-8,11,16H,2,5-6,9-10,22H2,(H,26,28)(H,23,24,25). The minimum absolute atomic E-state index is 0.0170. The Morgan fingerprint density at radius 3 is 2.39 bits per heavy atom. The molecule has 0 bridgehead atoms. The van der Waals surface area contributed by atoms with E-state index in [0.717, 1.165) is 43.9 Å². The lowest BCUT2D eigenvalue weighted by Crippen LogP contribution is -2.38. The first-order valence-corrected chi connectivity index (χ1v) is 9.01. The van der Waals surface area contributed by atoms with Gasteiger partial charge in [-0.25, -0.2) is 24.6 Å². The monoisotopic (exact) mass is 389 g/mol. The zero-order valence-electron chi connectivity index (χ0n) is 15.1. The molecule has 0 atom stereocenters. The number of nitrogens with one attached hydrogen (secondary N) is 2. The molecule has 3 rings (SSSR count). The predicted molar refractivity (Wildman–Crippen MR) is 98.8 cm³/mol. The second-order valence-electron chi connectivity index (χ2n) is 6.73. The summed E-state index contributed by atoms with van der Waals surface area (Å²) < 4.78 is 26.0. The number of hydrogen-bond donors (Lipinski definition) is 3. The fraction of sp³-hybridized carbons (Fsp3) is 0.368. The SMILES string of the molecule is NNC(=O)c1cnc(NC2(c3ccccc3)CCCCC2)nc1C(=O)C(F)F. The Morgan fingerprint density at radius 1 is 1.11 bits per heavy atom. The molecular weight excluding hydrogens is 368 g/mol. The van der Waals surface area contributed by atoms with E-state index < -0.39 is 34.9 Å². The molecule has 2 aromatic rings. The van der Waals surface area contributed by atoms with Crippen molar-refractivity contribution in [3.8, 4) is 0 Å². The molecular formula is C19H21F2N5O2. The Hall–Kier alpha value is -2.94. The lowest BCUT2D eigenvalue weighted by atomic mass is 9.76. The van der Waals surface area contributed by atoms with Crippen molar-refractivity contribution in [3.05, 3.63) is 53.3 Å². The maximum atomic E-state index is 13.0. The van der Waals surface area contributed by atoms with Crippen LogP contribution >= 0.6 is 0 Å². The second kappa shape index (κ2) is 8.39. The minimum atomic E-state index is -3.30. The molecule has 1 aromatic heterocycles. The number of ketones is 1. The van der Waals surface area contributed by atoms with Gasteiger partial charge in [0.25, 0.3) is 5.91 Å². The largest absolute Gasteiger partial charge is 0.345 e. The Bertz CT molecular complexity index is 855. The number of Topliss-reactive ketones (excluding diaryl/α,β-unsaturated/α-hetero) is 1. The maximum Gasteiger partial charge on any atom is 0.302 e. The van der Waals surface area contributed by atoms with E-state index in [1.165, 1.54) is 0 Å². The number of halogens is 2. The molecule has 0 radical (unpaired) electrons. The first-order valence-electron chi connectivity index (χ1n) is 9.01. The average Bonchev–Trinajstić information content (AvgIpc) is 2.73. The molecule has 9 heteroatoms. The van der Waals surface area contributed by atoms with Crippen molar-refractivity contribution >= 4 is 17.6 Å².